The predicted molar refractivity (Wildman–Crippen MR) is 154 cm³/mol. The first-order chi connectivity index (χ1) is 19.1. The van der Waals surface area contributed by atoms with E-state index in [1.54, 1.807) is 30.4 Å². The van der Waals surface area contributed by atoms with E-state index in [1.165, 1.54) is 0 Å². The Balaban J connectivity index is 1.49. The van der Waals surface area contributed by atoms with E-state index in [0.29, 0.717) is 30.8 Å². The van der Waals surface area contributed by atoms with Crippen LogP contribution >= 0.6 is 11.8 Å². The first-order valence-electron chi connectivity index (χ1n) is 13.1. The minimum Gasteiger partial charge on any atom is -0.484 e. The summed E-state index contributed by atoms with van der Waals surface area (Å²) >= 11 is 1.59. The molecule has 4 aromatic rings. The molecule has 39 heavy (non-hydrogen) atoms. The predicted octanol–water partition coefficient (Wildman–Crippen LogP) is 6.43. The third kappa shape index (κ3) is 6.32. The Morgan fingerprint density at radius 1 is 1.10 bits per heavy atom. The molecule has 3 aromatic carbocycles. The van der Waals surface area contributed by atoms with Crippen LogP contribution in [-0.4, -0.2) is 27.8 Å². The molecule has 0 saturated carbocycles. The lowest BCUT2D eigenvalue weighted by Crippen LogP contribution is -2.23. The van der Waals surface area contributed by atoms with Crippen molar-refractivity contribution in [3.8, 4) is 5.75 Å². The van der Waals surface area contributed by atoms with Gasteiger partial charge in [0.2, 0.25) is 0 Å². The molecule has 0 aliphatic heterocycles. The number of fused-ring (bicyclic) bond motifs is 1. The summed E-state index contributed by atoms with van der Waals surface area (Å²) in [4.78, 5) is 30.7. The average molecular weight is 538 g/mol. The van der Waals surface area contributed by atoms with E-state index in [4.69, 9.17) is 4.74 Å². The summed E-state index contributed by atoms with van der Waals surface area (Å²) in [5, 5.41) is 2.87. The van der Waals surface area contributed by atoms with Crippen molar-refractivity contribution in [1.29, 1.82) is 0 Å². The standard InChI is InChI=1S/C32H31N3O3S/c1-2-17-34-32(37)26-11-6-7-14-31(26)39-21-27-24-12-8-13-28(36)25(24)15-16-29(27)38-30(20-35-19-18-33-22-35)23-9-4-3-5-10-23/h2-7,9-11,14-16,18-19,22,30H,1,8,12-13,17,20-21H2,(H,34,37). The lowest BCUT2D eigenvalue weighted by Gasteiger charge is -2.26. The van der Waals surface area contributed by atoms with Crippen molar-refractivity contribution in [3.05, 3.63) is 126 Å². The number of amides is 1. The first kappa shape index (κ1) is 26.5. The zero-order valence-electron chi connectivity index (χ0n) is 21.7. The van der Waals surface area contributed by atoms with E-state index < -0.39 is 0 Å². The molecule has 0 radical (unpaired) electrons. The SMILES string of the molecule is C=CCNC(=O)c1ccccc1SCc1c(OC(Cn2ccnc2)c2ccccc2)ccc2c1CCCC2=O. The Morgan fingerprint density at radius 3 is 2.72 bits per heavy atom. The molecule has 1 atom stereocenters. The van der Waals surface area contributed by atoms with E-state index in [0.717, 1.165) is 45.7 Å². The van der Waals surface area contributed by atoms with Crippen molar-refractivity contribution in [3.63, 3.8) is 0 Å². The molecule has 1 heterocycles. The molecule has 7 heteroatoms. The lowest BCUT2D eigenvalue weighted by molar-refractivity contribution is 0.0952. The van der Waals surface area contributed by atoms with Crippen LogP contribution in [-0.2, 0) is 18.7 Å². The number of imidazole rings is 1. The molecule has 1 aliphatic carbocycles. The number of Topliss-reactive ketones (excluding diaryl/α,β-unsaturated/α-hetero) is 1. The summed E-state index contributed by atoms with van der Waals surface area (Å²) in [7, 11) is 0. The number of ether oxygens (including phenoxy) is 1. The van der Waals surface area contributed by atoms with E-state index in [1.807, 2.05) is 65.4 Å². The normalized spacial score (nSPS) is 13.4. The molecule has 198 valence electrons. The monoisotopic (exact) mass is 537 g/mol. The number of carbonyl (C=O) groups excluding carboxylic acids is 2. The zero-order chi connectivity index (χ0) is 27.0. The molecule has 0 saturated heterocycles. The molecule has 0 spiro atoms. The van der Waals surface area contributed by atoms with Crippen molar-refractivity contribution < 1.29 is 14.3 Å². The minimum atomic E-state index is -0.251. The van der Waals surface area contributed by atoms with Gasteiger partial charge in [-0.3, -0.25) is 9.59 Å². The van der Waals surface area contributed by atoms with Crippen LogP contribution < -0.4 is 10.1 Å². The lowest BCUT2D eigenvalue weighted by atomic mass is 9.87. The van der Waals surface area contributed by atoms with E-state index in [2.05, 4.69) is 29.0 Å². The minimum absolute atomic E-state index is 0.135. The molecule has 5 rings (SSSR count). The van der Waals surface area contributed by atoms with Crippen molar-refractivity contribution >= 4 is 23.5 Å². The largest absolute Gasteiger partial charge is 0.484 e. The number of hydrogen-bond donors (Lipinski definition) is 1. The molecule has 0 bridgehead atoms. The number of thioether (sulfide) groups is 1. The van der Waals surface area contributed by atoms with Gasteiger partial charge in [-0.25, -0.2) is 4.98 Å². The van der Waals surface area contributed by atoms with Gasteiger partial charge in [-0.1, -0.05) is 48.5 Å². The van der Waals surface area contributed by atoms with Crippen LogP contribution in [0.15, 0.2) is 103 Å². The van der Waals surface area contributed by atoms with Crippen molar-refractivity contribution in [2.24, 2.45) is 0 Å². The van der Waals surface area contributed by atoms with E-state index in [-0.39, 0.29) is 17.8 Å². The van der Waals surface area contributed by atoms with Crippen LogP contribution in [0, 0.1) is 0 Å². The molecule has 1 unspecified atom stereocenters. The van der Waals surface area contributed by atoms with Gasteiger partial charge in [0.1, 0.15) is 11.9 Å². The van der Waals surface area contributed by atoms with Gasteiger partial charge in [0.25, 0.3) is 5.91 Å². The zero-order valence-corrected chi connectivity index (χ0v) is 22.5. The summed E-state index contributed by atoms with van der Waals surface area (Å²) < 4.78 is 8.77. The van der Waals surface area contributed by atoms with Gasteiger partial charge < -0.3 is 14.6 Å². The van der Waals surface area contributed by atoms with Gasteiger partial charge in [-0.15, -0.1) is 18.3 Å². The maximum Gasteiger partial charge on any atom is 0.252 e. The van der Waals surface area contributed by atoms with Crippen molar-refractivity contribution in [2.45, 2.75) is 42.6 Å². The van der Waals surface area contributed by atoms with Gasteiger partial charge >= 0.3 is 0 Å². The highest BCUT2D eigenvalue weighted by molar-refractivity contribution is 7.98. The van der Waals surface area contributed by atoms with E-state index in [9.17, 15) is 9.59 Å². The fraction of sp³-hybridized carbons (Fsp3) is 0.219. The Labute approximate surface area is 233 Å². The van der Waals surface area contributed by atoms with Crippen LogP contribution in [0.1, 0.15) is 56.4 Å². The summed E-state index contributed by atoms with van der Waals surface area (Å²) in [6.07, 6.45) is 9.11. The van der Waals surface area contributed by atoms with Gasteiger partial charge in [0, 0.05) is 47.1 Å². The molecular weight excluding hydrogens is 506 g/mol. The number of carbonyl (C=O) groups is 2. The highest BCUT2D eigenvalue weighted by atomic mass is 32.2. The number of nitrogens with one attached hydrogen (secondary N) is 1. The van der Waals surface area contributed by atoms with E-state index >= 15 is 0 Å². The fourth-order valence-electron chi connectivity index (χ4n) is 4.86. The Hall–Kier alpha value is -4.10. The van der Waals surface area contributed by atoms with Crippen LogP contribution in [0.3, 0.4) is 0 Å². The topological polar surface area (TPSA) is 73.2 Å². The molecule has 1 amide bonds. The van der Waals surface area contributed by atoms with Gasteiger partial charge in [-0.2, -0.15) is 0 Å². The summed E-state index contributed by atoms with van der Waals surface area (Å²) in [5.41, 5.74) is 4.53. The molecule has 1 aliphatic rings. The second kappa shape index (κ2) is 12.6. The van der Waals surface area contributed by atoms with Crippen LogP contribution in [0.25, 0.3) is 0 Å². The first-order valence-corrected chi connectivity index (χ1v) is 14.1. The third-order valence-electron chi connectivity index (χ3n) is 6.81. The number of aromatic nitrogens is 2. The Kier molecular flexibility index (Phi) is 8.58. The molecule has 6 nitrogen and oxygen atoms in total. The maximum atomic E-state index is 12.8. The summed E-state index contributed by atoms with van der Waals surface area (Å²) in [6, 6.07) is 21.6. The smallest absolute Gasteiger partial charge is 0.252 e. The second-order valence-corrected chi connectivity index (χ2v) is 10.4. The average Bonchev–Trinajstić information content (AvgIpc) is 3.49. The Bertz CT molecular complexity index is 1450. The number of rotatable bonds is 11. The van der Waals surface area contributed by atoms with Crippen LogP contribution in [0.2, 0.25) is 0 Å². The summed E-state index contributed by atoms with van der Waals surface area (Å²) in [5.74, 6) is 1.38. The van der Waals surface area contributed by atoms with Crippen molar-refractivity contribution in [1.82, 2.24) is 14.9 Å². The highest BCUT2D eigenvalue weighted by Crippen LogP contribution is 2.38. The maximum absolute atomic E-state index is 12.8. The fourth-order valence-corrected chi connectivity index (χ4v) is 5.96. The highest BCUT2D eigenvalue weighted by Gasteiger charge is 2.25. The summed E-state index contributed by atoms with van der Waals surface area (Å²) in [6.45, 7) is 4.68. The number of hydrogen-bond acceptors (Lipinski definition) is 5. The second-order valence-electron chi connectivity index (χ2n) is 9.41. The number of benzene rings is 3. The Morgan fingerprint density at radius 2 is 1.92 bits per heavy atom. The van der Waals surface area contributed by atoms with Gasteiger partial charge in [0.05, 0.1) is 18.4 Å². The van der Waals surface area contributed by atoms with Crippen LogP contribution in [0.5, 0.6) is 5.75 Å². The number of nitrogens with zero attached hydrogens (tertiary/aromatic N) is 2. The molecule has 1 N–H and O–H groups in total. The molecule has 0 fully saturated rings. The van der Waals surface area contributed by atoms with Crippen LogP contribution in [0.4, 0.5) is 0 Å². The van der Waals surface area contributed by atoms with Gasteiger partial charge in [-0.05, 0) is 48.2 Å². The quantitative estimate of drug-likeness (QED) is 0.176. The molecular formula is C32H31N3O3S. The van der Waals surface area contributed by atoms with Gasteiger partial charge in [0.15, 0.2) is 5.78 Å². The molecule has 1 aromatic heterocycles. The van der Waals surface area contributed by atoms with Crippen molar-refractivity contribution in [2.75, 3.05) is 6.54 Å². The number of ketones is 1. The third-order valence-corrected chi connectivity index (χ3v) is 7.91.